The van der Waals surface area contributed by atoms with Crippen LogP contribution < -0.4 is 5.32 Å². The predicted octanol–water partition coefficient (Wildman–Crippen LogP) is 1.57. The van der Waals surface area contributed by atoms with Gasteiger partial charge in [0.05, 0.1) is 11.4 Å². The van der Waals surface area contributed by atoms with E-state index in [4.69, 9.17) is 0 Å². The molecule has 3 heterocycles. The molecule has 26 heavy (non-hydrogen) atoms. The number of sulfonamides is 1. The second kappa shape index (κ2) is 6.75. The van der Waals surface area contributed by atoms with Crippen molar-refractivity contribution < 1.29 is 8.42 Å². The Morgan fingerprint density at radius 3 is 2.62 bits per heavy atom. The summed E-state index contributed by atoms with van der Waals surface area (Å²) in [6.07, 6.45) is 1.57. The van der Waals surface area contributed by atoms with Crippen LogP contribution in [0.3, 0.4) is 0 Å². The first-order chi connectivity index (χ1) is 12.5. The summed E-state index contributed by atoms with van der Waals surface area (Å²) in [5.41, 5.74) is 1.89. The van der Waals surface area contributed by atoms with Gasteiger partial charge >= 0.3 is 0 Å². The number of nitrogens with one attached hydrogen (secondary N) is 1. The van der Waals surface area contributed by atoms with E-state index < -0.39 is 10.0 Å². The number of piperidine rings is 1. The first-order valence-electron chi connectivity index (χ1n) is 9.17. The molecule has 2 aliphatic rings. The number of rotatable bonds is 3. The molecule has 0 bridgehead atoms. The molecule has 0 aliphatic carbocycles. The molecule has 8 heteroatoms. The molecule has 1 aromatic heterocycles. The zero-order chi connectivity index (χ0) is 18.3. The Hall–Kier alpha value is -1.77. The van der Waals surface area contributed by atoms with Crippen LogP contribution in [0.5, 0.6) is 0 Å². The Balaban J connectivity index is 1.50. The Labute approximate surface area is 154 Å². The summed E-state index contributed by atoms with van der Waals surface area (Å²) < 4.78 is 29.9. The Morgan fingerprint density at radius 2 is 1.88 bits per heavy atom. The quantitative estimate of drug-likeness (QED) is 0.881. The zero-order valence-electron chi connectivity index (χ0n) is 15.3. The number of hydrogen-bond acceptors (Lipinski definition) is 5. The van der Waals surface area contributed by atoms with Gasteiger partial charge in [-0.15, -0.1) is 10.2 Å². The highest BCUT2D eigenvalue weighted by Gasteiger charge is 2.33. The van der Waals surface area contributed by atoms with E-state index in [1.165, 1.54) is 0 Å². The van der Waals surface area contributed by atoms with Gasteiger partial charge in [0.2, 0.25) is 10.0 Å². The lowest BCUT2D eigenvalue weighted by Crippen LogP contribution is -2.39. The molecule has 0 radical (unpaired) electrons. The van der Waals surface area contributed by atoms with Gasteiger partial charge in [-0.05, 0) is 38.3 Å². The number of benzene rings is 1. The van der Waals surface area contributed by atoms with Gasteiger partial charge in [0.15, 0.2) is 0 Å². The van der Waals surface area contributed by atoms with E-state index in [9.17, 15) is 8.42 Å². The molecule has 0 spiro atoms. The molecule has 1 aromatic carbocycles. The summed E-state index contributed by atoms with van der Waals surface area (Å²) in [4.78, 5) is 0.424. The molecule has 0 saturated carbocycles. The van der Waals surface area contributed by atoms with Crippen molar-refractivity contribution in [2.45, 2.75) is 50.6 Å². The van der Waals surface area contributed by atoms with Crippen molar-refractivity contribution >= 4 is 10.0 Å². The lowest BCUT2D eigenvalue weighted by molar-refractivity contribution is 0.307. The SMILES string of the molecule is Cc1ccc(S(=O)(=O)N2CCC(c3nnc4n3CCNC4)CC2)c(C)c1. The number of aryl methyl sites for hydroxylation is 2. The minimum atomic E-state index is -3.44. The minimum Gasteiger partial charge on any atom is -0.312 e. The van der Waals surface area contributed by atoms with Gasteiger partial charge in [-0.3, -0.25) is 0 Å². The summed E-state index contributed by atoms with van der Waals surface area (Å²) in [7, 11) is -3.44. The van der Waals surface area contributed by atoms with E-state index in [0.717, 1.165) is 55.3 Å². The van der Waals surface area contributed by atoms with E-state index in [0.29, 0.717) is 18.0 Å². The largest absolute Gasteiger partial charge is 0.312 e. The van der Waals surface area contributed by atoms with Gasteiger partial charge in [-0.2, -0.15) is 4.31 Å². The topological polar surface area (TPSA) is 80.1 Å². The molecular weight excluding hydrogens is 350 g/mol. The van der Waals surface area contributed by atoms with Crippen molar-refractivity contribution in [3.05, 3.63) is 41.0 Å². The molecule has 2 aliphatic heterocycles. The molecule has 1 N–H and O–H groups in total. The Bertz CT molecular complexity index is 914. The van der Waals surface area contributed by atoms with Crippen LogP contribution in [-0.2, 0) is 23.1 Å². The third-order valence-corrected chi connectivity index (χ3v) is 7.48. The first kappa shape index (κ1) is 17.6. The van der Waals surface area contributed by atoms with Crippen LogP contribution in [-0.4, -0.2) is 47.1 Å². The van der Waals surface area contributed by atoms with Crippen molar-refractivity contribution in [1.29, 1.82) is 0 Å². The maximum Gasteiger partial charge on any atom is 0.243 e. The molecule has 1 fully saturated rings. The number of aromatic nitrogens is 3. The second-order valence-corrected chi connectivity index (χ2v) is 9.16. The molecule has 0 unspecified atom stereocenters. The molecule has 2 aromatic rings. The zero-order valence-corrected chi connectivity index (χ0v) is 16.1. The normalized spacial score (nSPS) is 19.5. The summed E-state index contributed by atoms with van der Waals surface area (Å²) >= 11 is 0. The highest BCUT2D eigenvalue weighted by atomic mass is 32.2. The van der Waals surface area contributed by atoms with Crippen molar-refractivity contribution in [2.75, 3.05) is 19.6 Å². The van der Waals surface area contributed by atoms with Crippen LogP contribution in [0, 0.1) is 13.8 Å². The Kier molecular flexibility index (Phi) is 4.58. The van der Waals surface area contributed by atoms with Crippen molar-refractivity contribution in [3.63, 3.8) is 0 Å². The fourth-order valence-electron chi connectivity index (χ4n) is 4.00. The molecule has 1 saturated heterocycles. The fourth-order valence-corrected chi connectivity index (χ4v) is 5.67. The van der Waals surface area contributed by atoms with E-state index >= 15 is 0 Å². The van der Waals surface area contributed by atoms with Crippen LogP contribution in [0.15, 0.2) is 23.1 Å². The fraction of sp³-hybridized carbons (Fsp3) is 0.556. The smallest absolute Gasteiger partial charge is 0.243 e. The van der Waals surface area contributed by atoms with Gasteiger partial charge in [-0.1, -0.05) is 17.7 Å². The van der Waals surface area contributed by atoms with Gasteiger partial charge in [0, 0.05) is 32.1 Å². The van der Waals surface area contributed by atoms with Crippen LogP contribution in [0.2, 0.25) is 0 Å². The summed E-state index contributed by atoms with van der Waals surface area (Å²) in [5.74, 6) is 2.28. The highest BCUT2D eigenvalue weighted by molar-refractivity contribution is 7.89. The summed E-state index contributed by atoms with van der Waals surface area (Å²) in [6, 6.07) is 5.52. The third kappa shape index (κ3) is 3.06. The number of hydrogen-bond donors (Lipinski definition) is 1. The lowest BCUT2D eigenvalue weighted by Gasteiger charge is -2.31. The van der Waals surface area contributed by atoms with E-state index in [-0.39, 0.29) is 5.92 Å². The number of nitrogens with zero attached hydrogens (tertiary/aromatic N) is 4. The van der Waals surface area contributed by atoms with Gasteiger partial charge in [0.25, 0.3) is 0 Å². The van der Waals surface area contributed by atoms with Crippen LogP contribution >= 0.6 is 0 Å². The highest BCUT2D eigenvalue weighted by Crippen LogP contribution is 2.31. The summed E-state index contributed by atoms with van der Waals surface area (Å²) in [5, 5.41) is 12.0. The van der Waals surface area contributed by atoms with Crippen molar-refractivity contribution in [2.24, 2.45) is 0 Å². The molecule has 0 amide bonds. The maximum atomic E-state index is 13.0. The van der Waals surface area contributed by atoms with Gasteiger partial charge in [-0.25, -0.2) is 8.42 Å². The molecular formula is C18H25N5O2S. The van der Waals surface area contributed by atoms with Crippen LogP contribution in [0.4, 0.5) is 0 Å². The first-order valence-corrected chi connectivity index (χ1v) is 10.6. The van der Waals surface area contributed by atoms with Gasteiger partial charge < -0.3 is 9.88 Å². The lowest BCUT2D eigenvalue weighted by atomic mass is 9.97. The predicted molar refractivity (Wildman–Crippen MR) is 98.4 cm³/mol. The van der Waals surface area contributed by atoms with E-state index in [1.54, 1.807) is 10.4 Å². The van der Waals surface area contributed by atoms with Crippen molar-refractivity contribution in [3.8, 4) is 0 Å². The second-order valence-electron chi connectivity index (χ2n) is 7.25. The monoisotopic (exact) mass is 375 g/mol. The van der Waals surface area contributed by atoms with E-state index in [1.807, 2.05) is 26.0 Å². The standard InChI is InChI=1S/C18H25N5O2S/c1-13-3-4-16(14(2)11-13)26(24,25)22-8-5-15(6-9-22)18-21-20-17-12-19-7-10-23(17)18/h3-4,11,15,19H,5-10,12H2,1-2H3. The van der Waals surface area contributed by atoms with Crippen LogP contribution in [0.25, 0.3) is 0 Å². The maximum absolute atomic E-state index is 13.0. The average Bonchev–Trinajstić information content (AvgIpc) is 3.05. The molecule has 0 atom stereocenters. The van der Waals surface area contributed by atoms with E-state index in [2.05, 4.69) is 20.1 Å². The average molecular weight is 375 g/mol. The molecule has 140 valence electrons. The third-order valence-electron chi connectivity index (χ3n) is 5.42. The van der Waals surface area contributed by atoms with Gasteiger partial charge in [0.1, 0.15) is 11.6 Å². The number of fused-ring (bicyclic) bond motifs is 1. The Morgan fingerprint density at radius 1 is 1.12 bits per heavy atom. The molecule has 4 rings (SSSR count). The van der Waals surface area contributed by atoms with Crippen LogP contribution in [0.1, 0.15) is 41.5 Å². The summed E-state index contributed by atoms with van der Waals surface area (Å²) in [6.45, 7) is 7.47. The minimum absolute atomic E-state index is 0.278. The molecule has 7 nitrogen and oxygen atoms in total. The van der Waals surface area contributed by atoms with Crippen molar-refractivity contribution in [1.82, 2.24) is 24.4 Å².